The summed E-state index contributed by atoms with van der Waals surface area (Å²) in [5.41, 5.74) is 6.59. The predicted molar refractivity (Wildman–Crippen MR) is 76.2 cm³/mol. The minimum Gasteiger partial charge on any atom is -0.488 e. The van der Waals surface area contributed by atoms with Gasteiger partial charge in [0.25, 0.3) is 0 Å². The topological polar surface area (TPSA) is 72.6 Å². The molecule has 0 atom stereocenters. The molecule has 0 fully saturated rings. The number of hydrogen-bond acceptors (Lipinski definition) is 3. The summed E-state index contributed by atoms with van der Waals surface area (Å²) >= 11 is 3.18. The average molecular weight is 340 g/mol. The van der Waals surface area contributed by atoms with Crippen molar-refractivity contribution in [3.05, 3.63) is 57.8 Å². The van der Waals surface area contributed by atoms with Crippen molar-refractivity contribution in [2.75, 3.05) is 5.73 Å². The Morgan fingerprint density at radius 3 is 2.70 bits per heavy atom. The Balaban J connectivity index is 2.22. The van der Waals surface area contributed by atoms with Gasteiger partial charge in [-0.05, 0) is 35.9 Å². The first-order chi connectivity index (χ1) is 9.45. The Labute approximate surface area is 123 Å². The summed E-state index contributed by atoms with van der Waals surface area (Å²) in [6.07, 6.45) is 0. The molecule has 0 aromatic heterocycles. The summed E-state index contributed by atoms with van der Waals surface area (Å²) in [7, 11) is 0. The van der Waals surface area contributed by atoms with Crippen LogP contribution in [-0.4, -0.2) is 11.1 Å². The van der Waals surface area contributed by atoms with Gasteiger partial charge in [-0.1, -0.05) is 15.9 Å². The molecule has 2 aromatic carbocycles. The molecule has 0 amide bonds. The summed E-state index contributed by atoms with van der Waals surface area (Å²) in [6.45, 7) is 0.0418. The van der Waals surface area contributed by atoms with Gasteiger partial charge in [0.1, 0.15) is 23.7 Å². The summed E-state index contributed by atoms with van der Waals surface area (Å²) in [4.78, 5) is 11.1. The number of carboxylic acid groups (broad SMARTS) is 1. The molecule has 20 heavy (non-hydrogen) atoms. The quantitative estimate of drug-likeness (QED) is 0.837. The van der Waals surface area contributed by atoms with Gasteiger partial charge >= 0.3 is 5.97 Å². The lowest BCUT2D eigenvalue weighted by molar-refractivity contribution is 0.0692. The number of nitrogens with two attached hydrogens (primary N) is 1. The smallest absolute Gasteiger partial charge is 0.339 e. The molecule has 0 bridgehead atoms. The Hall–Kier alpha value is -2.08. The molecule has 3 N–H and O–H groups in total. The lowest BCUT2D eigenvalue weighted by Crippen LogP contribution is -2.04. The summed E-state index contributed by atoms with van der Waals surface area (Å²) in [6, 6.07) is 8.61. The van der Waals surface area contributed by atoms with E-state index >= 15 is 0 Å². The van der Waals surface area contributed by atoms with Crippen LogP contribution in [0.3, 0.4) is 0 Å². The fourth-order valence-corrected chi connectivity index (χ4v) is 2.20. The number of aromatic carboxylic acids is 1. The Kier molecular flexibility index (Phi) is 4.24. The highest BCUT2D eigenvalue weighted by Gasteiger charge is 2.12. The highest BCUT2D eigenvalue weighted by atomic mass is 79.9. The molecule has 2 aromatic rings. The van der Waals surface area contributed by atoms with Gasteiger partial charge < -0.3 is 15.6 Å². The maximum atomic E-state index is 13.2. The van der Waals surface area contributed by atoms with Crippen LogP contribution in [0.1, 0.15) is 15.9 Å². The van der Waals surface area contributed by atoms with E-state index in [-0.39, 0.29) is 17.9 Å². The van der Waals surface area contributed by atoms with Crippen molar-refractivity contribution in [3.8, 4) is 5.75 Å². The summed E-state index contributed by atoms with van der Waals surface area (Å²) in [5, 5.41) is 9.05. The molecule has 0 saturated carbocycles. The Morgan fingerprint density at radius 2 is 2.05 bits per heavy atom. The molecule has 2 rings (SSSR count). The maximum absolute atomic E-state index is 13.2. The van der Waals surface area contributed by atoms with Crippen molar-refractivity contribution in [2.24, 2.45) is 0 Å². The van der Waals surface area contributed by atoms with Crippen LogP contribution >= 0.6 is 15.9 Å². The van der Waals surface area contributed by atoms with E-state index in [1.807, 2.05) is 0 Å². The first-order valence-corrected chi connectivity index (χ1v) is 6.45. The number of carboxylic acids is 1. The van der Waals surface area contributed by atoms with Crippen LogP contribution in [0.5, 0.6) is 5.75 Å². The van der Waals surface area contributed by atoms with E-state index < -0.39 is 11.8 Å². The largest absolute Gasteiger partial charge is 0.488 e. The first kappa shape index (κ1) is 14.3. The van der Waals surface area contributed by atoms with Crippen LogP contribution in [0, 0.1) is 5.82 Å². The van der Waals surface area contributed by atoms with E-state index in [1.165, 1.54) is 30.3 Å². The molecule has 0 unspecified atom stereocenters. The van der Waals surface area contributed by atoms with Crippen LogP contribution < -0.4 is 10.5 Å². The summed E-state index contributed by atoms with van der Waals surface area (Å²) < 4.78 is 19.2. The molecule has 0 saturated heterocycles. The lowest BCUT2D eigenvalue weighted by Gasteiger charge is -2.10. The SMILES string of the molecule is Nc1ccc(C(=O)O)c(OCc2cc(F)cc(Br)c2)c1. The lowest BCUT2D eigenvalue weighted by atomic mass is 10.2. The number of hydrogen-bond donors (Lipinski definition) is 2. The van der Waals surface area contributed by atoms with Crippen molar-refractivity contribution < 1.29 is 19.0 Å². The normalized spacial score (nSPS) is 10.3. The highest BCUT2D eigenvalue weighted by molar-refractivity contribution is 9.10. The number of ether oxygens (including phenoxy) is 1. The highest BCUT2D eigenvalue weighted by Crippen LogP contribution is 2.24. The van der Waals surface area contributed by atoms with Crippen LogP contribution in [0.4, 0.5) is 10.1 Å². The van der Waals surface area contributed by atoms with Crippen molar-refractivity contribution in [1.82, 2.24) is 0 Å². The van der Waals surface area contributed by atoms with Crippen LogP contribution in [-0.2, 0) is 6.61 Å². The first-order valence-electron chi connectivity index (χ1n) is 5.66. The van der Waals surface area contributed by atoms with E-state index in [1.54, 1.807) is 6.07 Å². The van der Waals surface area contributed by atoms with Crippen LogP contribution in [0.25, 0.3) is 0 Å². The van der Waals surface area contributed by atoms with Gasteiger partial charge in [-0.2, -0.15) is 0 Å². The molecule has 0 aliphatic heterocycles. The van der Waals surface area contributed by atoms with Gasteiger partial charge in [-0.15, -0.1) is 0 Å². The number of rotatable bonds is 4. The van der Waals surface area contributed by atoms with E-state index in [2.05, 4.69) is 15.9 Å². The second kappa shape index (κ2) is 5.92. The predicted octanol–water partition coefficient (Wildman–Crippen LogP) is 3.45. The minimum absolute atomic E-state index is 0.00895. The zero-order valence-electron chi connectivity index (χ0n) is 10.3. The number of carbonyl (C=O) groups is 1. The molecular formula is C14H11BrFNO3. The Morgan fingerprint density at radius 1 is 1.30 bits per heavy atom. The van der Waals surface area contributed by atoms with E-state index in [0.29, 0.717) is 15.7 Å². The van der Waals surface area contributed by atoms with Gasteiger partial charge in [-0.3, -0.25) is 0 Å². The maximum Gasteiger partial charge on any atom is 0.339 e. The molecular weight excluding hydrogens is 329 g/mol. The molecule has 0 radical (unpaired) electrons. The second-order valence-electron chi connectivity index (χ2n) is 4.13. The van der Waals surface area contributed by atoms with Gasteiger partial charge in [0, 0.05) is 16.2 Å². The molecule has 0 aliphatic rings. The third-order valence-electron chi connectivity index (χ3n) is 2.55. The van der Waals surface area contributed by atoms with Crippen molar-refractivity contribution in [1.29, 1.82) is 0 Å². The van der Waals surface area contributed by atoms with Crippen molar-refractivity contribution in [3.63, 3.8) is 0 Å². The summed E-state index contributed by atoms with van der Waals surface area (Å²) in [5.74, 6) is -1.36. The molecule has 104 valence electrons. The average Bonchev–Trinajstić information content (AvgIpc) is 2.35. The van der Waals surface area contributed by atoms with Gasteiger partial charge in [0.05, 0.1) is 0 Å². The van der Waals surface area contributed by atoms with Gasteiger partial charge in [0.15, 0.2) is 0 Å². The molecule has 0 aliphatic carbocycles. The zero-order chi connectivity index (χ0) is 14.7. The third-order valence-corrected chi connectivity index (χ3v) is 3.01. The second-order valence-corrected chi connectivity index (χ2v) is 5.04. The zero-order valence-corrected chi connectivity index (χ0v) is 11.9. The molecule has 0 spiro atoms. The number of benzene rings is 2. The number of anilines is 1. The minimum atomic E-state index is -1.11. The fourth-order valence-electron chi connectivity index (χ4n) is 1.69. The van der Waals surface area contributed by atoms with Crippen molar-refractivity contribution in [2.45, 2.75) is 6.61 Å². The monoisotopic (exact) mass is 339 g/mol. The van der Waals surface area contributed by atoms with Crippen molar-refractivity contribution >= 4 is 27.6 Å². The molecule has 0 heterocycles. The third kappa shape index (κ3) is 3.48. The molecule has 4 nitrogen and oxygen atoms in total. The fraction of sp³-hybridized carbons (Fsp3) is 0.0714. The number of halogens is 2. The van der Waals surface area contributed by atoms with Gasteiger partial charge in [0.2, 0.25) is 0 Å². The van der Waals surface area contributed by atoms with E-state index in [0.717, 1.165) is 0 Å². The Bertz CT molecular complexity index is 641. The standard InChI is InChI=1S/C14H11BrFNO3/c15-9-3-8(4-10(16)5-9)7-20-13-6-11(17)1-2-12(13)14(18)19/h1-6H,7,17H2,(H,18,19). The number of nitrogen functional groups attached to an aromatic ring is 1. The van der Waals surface area contributed by atoms with Crippen LogP contribution in [0.15, 0.2) is 40.9 Å². The van der Waals surface area contributed by atoms with Crippen LogP contribution in [0.2, 0.25) is 0 Å². The van der Waals surface area contributed by atoms with E-state index in [9.17, 15) is 9.18 Å². The van der Waals surface area contributed by atoms with E-state index in [4.69, 9.17) is 15.6 Å². The molecule has 6 heteroatoms. The van der Waals surface area contributed by atoms with Gasteiger partial charge in [-0.25, -0.2) is 9.18 Å².